The number of nitrogens with one attached hydrogen (secondary N) is 1. The van der Waals surface area contributed by atoms with Gasteiger partial charge in [0.05, 0.1) is 13.2 Å². The highest BCUT2D eigenvalue weighted by molar-refractivity contribution is 6.28. The zero-order valence-electron chi connectivity index (χ0n) is 12.3. The maximum Gasteiger partial charge on any atom is 0.224 e. The molecule has 0 amide bonds. The minimum absolute atomic E-state index is 0.207. The molecule has 2 aromatic rings. The fourth-order valence-electron chi connectivity index (χ4n) is 1.81. The van der Waals surface area contributed by atoms with Gasteiger partial charge in [0.1, 0.15) is 5.82 Å². The third kappa shape index (κ3) is 3.98. The molecule has 6 heteroatoms. The summed E-state index contributed by atoms with van der Waals surface area (Å²) < 4.78 is 11.1. The lowest BCUT2D eigenvalue weighted by Crippen LogP contribution is -2.01. The van der Waals surface area contributed by atoms with Gasteiger partial charge in [-0.1, -0.05) is 0 Å². The van der Waals surface area contributed by atoms with E-state index in [0.717, 1.165) is 17.0 Å². The zero-order valence-corrected chi connectivity index (χ0v) is 13.1. The van der Waals surface area contributed by atoms with E-state index in [4.69, 9.17) is 21.1 Å². The van der Waals surface area contributed by atoms with Crippen LogP contribution < -0.4 is 14.8 Å². The first kappa shape index (κ1) is 15.4. The Morgan fingerprint density at radius 1 is 1.14 bits per heavy atom. The van der Waals surface area contributed by atoms with E-state index in [1.54, 1.807) is 6.20 Å². The number of halogens is 1. The molecule has 0 aliphatic carbocycles. The van der Waals surface area contributed by atoms with Crippen molar-refractivity contribution in [2.24, 2.45) is 0 Å². The van der Waals surface area contributed by atoms with Gasteiger partial charge in [-0.25, -0.2) is 9.97 Å². The van der Waals surface area contributed by atoms with E-state index in [1.807, 2.05) is 39.0 Å². The van der Waals surface area contributed by atoms with Crippen LogP contribution in [0.5, 0.6) is 11.5 Å². The topological polar surface area (TPSA) is 56.3 Å². The first-order valence-corrected chi connectivity index (χ1v) is 7.17. The number of anilines is 2. The van der Waals surface area contributed by atoms with Crippen LogP contribution in [0.3, 0.4) is 0 Å². The summed E-state index contributed by atoms with van der Waals surface area (Å²) in [6.45, 7) is 6.95. The van der Waals surface area contributed by atoms with Crippen molar-refractivity contribution < 1.29 is 9.47 Å². The van der Waals surface area contributed by atoms with Crippen molar-refractivity contribution in [2.75, 3.05) is 18.5 Å². The van der Waals surface area contributed by atoms with Gasteiger partial charge in [-0.3, -0.25) is 0 Å². The third-order valence-corrected chi connectivity index (χ3v) is 2.93. The van der Waals surface area contributed by atoms with E-state index >= 15 is 0 Å². The summed E-state index contributed by atoms with van der Waals surface area (Å²) in [7, 11) is 0. The van der Waals surface area contributed by atoms with E-state index in [2.05, 4.69) is 15.3 Å². The van der Waals surface area contributed by atoms with Gasteiger partial charge >= 0.3 is 0 Å². The monoisotopic (exact) mass is 307 g/mol. The number of rotatable bonds is 6. The number of ether oxygens (including phenoxy) is 2. The van der Waals surface area contributed by atoms with E-state index in [1.165, 1.54) is 0 Å². The molecule has 2 rings (SSSR count). The van der Waals surface area contributed by atoms with Crippen LogP contribution in [0.1, 0.15) is 19.4 Å². The smallest absolute Gasteiger partial charge is 0.224 e. The fourth-order valence-corrected chi connectivity index (χ4v) is 1.95. The fraction of sp³-hybridized carbons (Fsp3) is 0.333. The summed E-state index contributed by atoms with van der Waals surface area (Å²) in [5, 5.41) is 3.42. The maximum atomic E-state index is 5.82. The molecule has 1 aromatic carbocycles. The molecular weight excluding hydrogens is 290 g/mol. The first-order chi connectivity index (χ1) is 10.1. The molecule has 1 N–H and O–H groups in total. The van der Waals surface area contributed by atoms with Gasteiger partial charge < -0.3 is 14.8 Å². The van der Waals surface area contributed by atoms with Crippen molar-refractivity contribution in [2.45, 2.75) is 20.8 Å². The Morgan fingerprint density at radius 3 is 2.57 bits per heavy atom. The van der Waals surface area contributed by atoms with Gasteiger partial charge in [0, 0.05) is 23.5 Å². The molecule has 5 nitrogen and oxygen atoms in total. The van der Waals surface area contributed by atoms with Crippen LogP contribution in [-0.4, -0.2) is 23.2 Å². The second-order valence-electron chi connectivity index (χ2n) is 4.32. The van der Waals surface area contributed by atoms with Crippen LogP contribution in [0.2, 0.25) is 5.28 Å². The lowest BCUT2D eigenvalue weighted by molar-refractivity contribution is 0.288. The van der Waals surface area contributed by atoms with Crippen LogP contribution in [-0.2, 0) is 0 Å². The molecule has 0 aliphatic heterocycles. The molecule has 0 unspecified atom stereocenters. The molecule has 0 atom stereocenters. The van der Waals surface area contributed by atoms with Crippen molar-refractivity contribution in [1.82, 2.24) is 9.97 Å². The van der Waals surface area contributed by atoms with Gasteiger partial charge in [-0.05, 0) is 44.5 Å². The number of hydrogen-bond acceptors (Lipinski definition) is 5. The Morgan fingerprint density at radius 2 is 1.86 bits per heavy atom. The first-order valence-electron chi connectivity index (χ1n) is 6.79. The Balaban J connectivity index is 2.27. The third-order valence-electron chi connectivity index (χ3n) is 2.75. The Labute approximate surface area is 129 Å². The van der Waals surface area contributed by atoms with E-state index < -0.39 is 0 Å². The molecule has 0 aliphatic rings. The summed E-state index contributed by atoms with van der Waals surface area (Å²) in [6, 6.07) is 5.65. The molecule has 112 valence electrons. The molecule has 1 heterocycles. The number of aryl methyl sites for hydroxylation is 1. The molecule has 0 bridgehead atoms. The molecule has 0 fully saturated rings. The number of hydrogen-bond donors (Lipinski definition) is 1. The van der Waals surface area contributed by atoms with Crippen LogP contribution in [0, 0.1) is 6.92 Å². The number of nitrogens with zero attached hydrogens (tertiary/aromatic N) is 2. The molecule has 0 radical (unpaired) electrons. The summed E-state index contributed by atoms with van der Waals surface area (Å²) in [5.74, 6) is 2.09. The van der Waals surface area contributed by atoms with Crippen molar-refractivity contribution in [3.8, 4) is 11.5 Å². The summed E-state index contributed by atoms with van der Waals surface area (Å²) in [5.41, 5.74) is 1.76. The molecular formula is C15H18ClN3O2. The number of aromatic nitrogens is 2. The molecule has 0 spiro atoms. The van der Waals surface area contributed by atoms with Gasteiger partial charge in [-0.2, -0.15) is 0 Å². The summed E-state index contributed by atoms with van der Waals surface area (Å²) >= 11 is 5.82. The average Bonchev–Trinajstić information content (AvgIpc) is 2.46. The summed E-state index contributed by atoms with van der Waals surface area (Å²) in [6.07, 6.45) is 1.68. The highest BCUT2D eigenvalue weighted by Crippen LogP contribution is 2.32. The largest absolute Gasteiger partial charge is 0.490 e. The molecule has 0 saturated heterocycles. The predicted octanol–water partition coefficient (Wildman–Crippen LogP) is 3.98. The van der Waals surface area contributed by atoms with Gasteiger partial charge in [0.2, 0.25) is 5.28 Å². The molecule has 1 aromatic heterocycles. The van der Waals surface area contributed by atoms with E-state index in [9.17, 15) is 0 Å². The second kappa shape index (κ2) is 7.13. The van der Waals surface area contributed by atoms with E-state index in [0.29, 0.717) is 24.8 Å². The number of benzene rings is 1. The minimum atomic E-state index is 0.207. The molecule has 0 saturated carbocycles. The van der Waals surface area contributed by atoms with Crippen molar-refractivity contribution in [1.29, 1.82) is 0 Å². The van der Waals surface area contributed by atoms with Crippen molar-refractivity contribution in [3.63, 3.8) is 0 Å². The van der Waals surface area contributed by atoms with Crippen LogP contribution >= 0.6 is 11.6 Å². The SMILES string of the molecule is CCOc1ccc(Nc2nc(Cl)ncc2C)cc1OCC. The Bertz CT molecular complexity index is 620. The Hall–Kier alpha value is -2.01. The quantitative estimate of drug-likeness (QED) is 0.818. The van der Waals surface area contributed by atoms with Gasteiger partial charge in [0.25, 0.3) is 0 Å². The van der Waals surface area contributed by atoms with Crippen LogP contribution in [0.25, 0.3) is 0 Å². The van der Waals surface area contributed by atoms with Gasteiger partial charge in [-0.15, -0.1) is 0 Å². The minimum Gasteiger partial charge on any atom is -0.490 e. The van der Waals surface area contributed by atoms with Crippen LogP contribution in [0.15, 0.2) is 24.4 Å². The molecule has 21 heavy (non-hydrogen) atoms. The van der Waals surface area contributed by atoms with Crippen molar-refractivity contribution >= 4 is 23.1 Å². The highest BCUT2D eigenvalue weighted by atomic mass is 35.5. The van der Waals surface area contributed by atoms with Crippen molar-refractivity contribution in [3.05, 3.63) is 35.2 Å². The normalized spacial score (nSPS) is 10.3. The zero-order chi connectivity index (χ0) is 15.2. The van der Waals surface area contributed by atoms with Gasteiger partial charge in [0.15, 0.2) is 11.5 Å². The summed E-state index contributed by atoms with van der Waals surface area (Å²) in [4.78, 5) is 8.11. The lowest BCUT2D eigenvalue weighted by Gasteiger charge is -2.14. The van der Waals surface area contributed by atoms with Crippen LogP contribution in [0.4, 0.5) is 11.5 Å². The predicted molar refractivity (Wildman–Crippen MR) is 83.8 cm³/mol. The second-order valence-corrected chi connectivity index (χ2v) is 4.66. The average molecular weight is 308 g/mol. The maximum absolute atomic E-state index is 5.82. The standard InChI is InChI=1S/C15H18ClN3O2/c1-4-20-12-7-6-11(8-13(12)21-5-2)18-14-10(3)9-17-15(16)19-14/h6-9H,4-5H2,1-3H3,(H,17,18,19). The Kier molecular flexibility index (Phi) is 5.22. The van der Waals surface area contributed by atoms with E-state index in [-0.39, 0.29) is 5.28 Å². The highest BCUT2D eigenvalue weighted by Gasteiger charge is 2.08. The lowest BCUT2D eigenvalue weighted by atomic mass is 10.2.